The molecule has 0 bridgehead atoms. The Morgan fingerprint density at radius 2 is 2.00 bits per heavy atom. The van der Waals surface area contributed by atoms with Crippen LogP contribution in [0.2, 0.25) is 0 Å². The molecule has 0 radical (unpaired) electrons. The summed E-state index contributed by atoms with van der Waals surface area (Å²) in [7, 11) is 0. The molecule has 1 atom stereocenters. The molecule has 0 spiro atoms. The van der Waals surface area contributed by atoms with E-state index in [1.165, 1.54) is 4.90 Å². The summed E-state index contributed by atoms with van der Waals surface area (Å²) in [4.78, 5) is 25.7. The largest absolute Gasteiger partial charge is 0.278 e. The molecule has 1 aromatic carbocycles. The summed E-state index contributed by atoms with van der Waals surface area (Å²) < 4.78 is 0. The lowest BCUT2D eigenvalue weighted by molar-refractivity contribution is -0.128. The van der Waals surface area contributed by atoms with E-state index in [0.717, 1.165) is 23.7 Å². The highest BCUT2D eigenvalue weighted by atomic mass is 79.9. The Kier molecular flexibility index (Phi) is 4.75. The van der Waals surface area contributed by atoms with Crippen LogP contribution in [0.25, 0.3) is 0 Å². The van der Waals surface area contributed by atoms with Crippen LogP contribution >= 0.6 is 15.9 Å². The van der Waals surface area contributed by atoms with Gasteiger partial charge in [0, 0.05) is 17.4 Å². The number of carbonyl (C=O) groups excluding carboxylic acids is 2. The molecular weight excluding hydrogens is 306 g/mol. The molecule has 0 saturated carbocycles. The highest BCUT2D eigenvalue weighted by molar-refractivity contribution is 9.09. The normalized spacial score (nSPS) is 16.4. The van der Waals surface area contributed by atoms with E-state index >= 15 is 0 Å². The fraction of sp³-hybridized carbons (Fsp3) is 0.467. The Balaban J connectivity index is 2.07. The minimum Gasteiger partial charge on any atom is -0.278 e. The number of hydrogen-bond acceptors (Lipinski definition) is 2. The van der Waals surface area contributed by atoms with E-state index in [9.17, 15) is 9.59 Å². The fourth-order valence-corrected chi connectivity index (χ4v) is 3.09. The highest BCUT2D eigenvalue weighted by Crippen LogP contribution is 2.21. The third-order valence-electron chi connectivity index (χ3n) is 3.58. The number of imide groups is 1. The molecule has 102 valence electrons. The smallest absolute Gasteiger partial charge is 0.260 e. The molecule has 1 unspecified atom stereocenters. The number of amides is 2. The van der Waals surface area contributed by atoms with Crippen LogP contribution in [-0.4, -0.2) is 28.6 Å². The van der Waals surface area contributed by atoms with Gasteiger partial charge in [0.2, 0.25) is 5.91 Å². The highest BCUT2D eigenvalue weighted by Gasteiger charge is 2.30. The number of fused-ring (bicyclic) bond motifs is 1. The van der Waals surface area contributed by atoms with Crippen molar-refractivity contribution >= 4 is 27.7 Å². The van der Waals surface area contributed by atoms with Gasteiger partial charge in [-0.1, -0.05) is 41.1 Å². The topological polar surface area (TPSA) is 37.4 Å². The van der Waals surface area contributed by atoms with Crippen molar-refractivity contribution < 1.29 is 9.59 Å². The van der Waals surface area contributed by atoms with Gasteiger partial charge in [-0.3, -0.25) is 14.5 Å². The Morgan fingerprint density at radius 3 is 2.74 bits per heavy atom. The molecule has 1 aliphatic heterocycles. The number of rotatable bonds is 5. The predicted molar refractivity (Wildman–Crippen MR) is 78.4 cm³/mol. The van der Waals surface area contributed by atoms with E-state index in [4.69, 9.17) is 0 Å². The first-order chi connectivity index (χ1) is 9.13. The fourth-order valence-electron chi connectivity index (χ4n) is 2.31. The van der Waals surface area contributed by atoms with Crippen molar-refractivity contribution in [2.45, 2.75) is 26.2 Å². The van der Waals surface area contributed by atoms with Gasteiger partial charge in [0.1, 0.15) is 0 Å². The molecule has 19 heavy (non-hydrogen) atoms. The van der Waals surface area contributed by atoms with Gasteiger partial charge in [0.05, 0.1) is 6.42 Å². The summed E-state index contributed by atoms with van der Waals surface area (Å²) >= 11 is 3.41. The van der Waals surface area contributed by atoms with E-state index < -0.39 is 0 Å². The third-order valence-corrected chi connectivity index (χ3v) is 4.04. The van der Waals surface area contributed by atoms with Crippen molar-refractivity contribution in [2.24, 2.45) is 5.92 Å². The summed E-state index contributed by atoms with van der Waals surface area (Å²) in [6, 6.07) is 7.38. The molecule has 0 saturated heterocycles. The van der Waals surface area contributed by atoms with Crippen molar-refractivity contribution in [1.82, 2.24) is 4.90 Å². The first-order valence-corrected chi connectivity index (χ1v) is 7.74. The van der Waals surface area contributed by atoms with Gasteiger partial charge >= 0.3 is 0 Å². The molecule has 0 aromatic heterocycles. The first kappa shape index (κ1) is 14.3. The average molecular weight is 324 g/mol. The second kappa shape index (κ2) is 6.33. The summed E-state index contributed by atoms with van der Waals surface area (Å²) in [5.74, 6) is 0.296. The van der Waals surface area contributed by atoms with E-state index in [1.54, 1.807) is 6.07 Å². The minimum absolute atomic E-state index is 0.0743. The van der Waals surface area contributed by atoms with Crippen molar-refractivity contribution in [1.29, 1.82) is 0 Å². The van der Waals surface area contributed by atoms with E-state index in [1.807, 2.05) is 18.2 Å². The van der Waals surface area contributed by atoms with Crippen molar-refractivity contribution in [3.05, 3.63) is 35.4 Å². The van der Waals surface area contributed by atoms with E-state index in [0.29, 0.717) is 24.4 Å². The van der Waals surface area contributed by atoms with Crippen molar-refractivity contribution in [3.8, 4) is 0 Å². The molecule has 4 heteroatoms. The Labute approximate surface area is 122 Å². The van der Waals surface area contributed by atoms with Crippen LogP contribution in [0, 0.1) is 5.92 Å². The molecule has 0 fully saturated rings. The van der Waals surface area contributed by atoms with Gasteiger partial charge in [0.15, 0.2) is 0 Å². The van der Waals surface area contributed by atoms with Crippen LogP contribution < -0.4 is 0 Å². The van der Waals surface area contributed by atoms with Crippen LogP contribution in [0.4, 0.5) is 0 Å². The quantitative estimate of drug-likeness (QED) is 0.617. The van der Waals surface area contributed by atoms with E-state index in [2.05, 4.69) is 22.9 Å². The molecule has 1 aromatic rings. The summed E-state index contributed by atoms with van der Waals surface area (Å²) in [6.45, 7) is 2.67. The Hall–Kier alpha value is -1.16. The monoisotopic (exact) mass is 323 g/mol. The lowest BCUT2D eigenvalue weighted by Crippen LogP contribution is -2.43. The Bertz CT molecular complexity index is 487. The third kappa shape index (κ3) is 3.24. The van der Waals surface area contributed by atoms with Crippen LogP contribution in [-0.2, 0) is 11.2 Å². The average Bonchev–Trinajstić information content (AvgIpc) is 2.39. The van der Waals surface area contributed by atoms with Crippen LogP contribution in [0.3, 0.4) is 0 Å². The number of nitrogens with zero attached hydrogens (tertiary/aromatic N) is 1. The van der Waals surface area contributed by atoms with Gasteiger partial charge in [0.25, 0.3) is 5.91 Å². The number of carbonyl (C=O) groups is 2. The van der Waals surface area contributed by atoms with Gasteiger partial charge in [-0.25, -0.2) is 0 Å². The van der Waals surface area contributed by atoms with Crippen molar-refractivity contribution in [2.75, 3.05) is 11.9 Å². The maximum absolute atomic E-state index is 12.3. The minimum atomic E-state index is -0.141. The summed E-state index contributed by atoms with van der Waals surface area (Å²) in [5.41, 5.74) is 1.53. The van der Waals surface area contributed by atoms with Gasteiger partial charge in [-0.15, -0.1) is 0 Å². The maximum atomic E-state index is 12.3. The van der Waals surface area contributed by atoms with Crippen LogP contribution in [0.1, 0.15) is 35.7 Å². The van der Waals surface area contributed by atoms with Crippen LogP contribution in [0.15, 0.2) is 24.3 Å². The number of halogens is 1. The second-order valence-corrected chi connectivity index (χ2v) is 5.85. The predicted octanol–water partition coefficient (Wildman–Crippen LogP) is 3.02. The van der Waals surface area contributed by atoms with Crippen LogP contribution in [0.5, 0.6) is 0 Å². The molecule has 0 aliphatic carbocycles. The molecule has 1 heterocycles. The second-order valence-electron chi connectivity index (χ2n) is 5.06. The standard InChI is InChI=1S/C15H18BrNO2/c1-11(6-8-16)7-9-17-14(18)10-12-4-2-3-5-13(12)15(17)19/h2-5,11H,6-10H2,1H3. The molecule has 0 N–H and O–H groups in total. The zero-order chi connectivity index (χ0) is 13.8. The lowest BCUT2D eigenvalue weighted by Gasteiger charge is -2.27. The molecule has 2 rings (SSSR count). The lowest BCUT2D eigenvalue weighted by atomic mass is 9.97. The van der Waals surface area contributed by atoms with Gasteiger partial charge in [-0.2, -0.15) is 0 Å². The number of benzene rings is 1. The first-order valence-electron chi connectivity index (χ1n) is 6.62. The molecular formula is C15H18BrNO2. The maximum Gasteiger partial charge on any atom is 0.260 e. The van der Waals surface area contributed by atoms with Gasteiger partial charge < -0.3 is 0 Å². The summed E-state index contributed by atoms with van der Waals surface area (Å²) in [5, 5.41) is 0.957. The van der Waals surface area contributed by atoms with Crippen molar-refractivity contribution in [3.63, 3.8) is 0 Å². The molecule has 1 aliphatic rings. The number of hydrogen-bond donors (Lipinski definition) is 0. The number of alkyl halides is 1. The molecule has 3 nitrogen and oxygen atoms in total. The molecule has 2 amide bonds. The van der Waals surface area contributed by atoms with Gasteiger partial charge in [-0.05, 0) is 30.4 Å². The van der Waals surface area contributed by atoms with E-state index in [-0.39, 0.29) is 11.8 Å². The zero-order valence-electron chi connectivity index (χ0n) is 11.1. The zero-order valence-corrected chi connectivity index (χ0v) is 12.6. The Morgan fingerprint density at radius 1 is 1.26 bits per heavy atom. The summed E-state index contributed by atoms with van der Waals surface area (Å²) in [6.07, 6.45) is 2.27. The SMILES string of the molecule is CC(CCBr)CCN1C(=O)Cc2ccccc2C1=O.